The minimum atomic E-state index is -1.00. The number of furan rings is 1. The molecule has 0 fully saturated rings. The van der Waals surface area contributed by atoms with Crippen molar-refractivity contribution in [3.63, 3.8) is 0 Å². The molecule has 0 aliphatic carbocycles. The number of fused-ring (bicyclic) bond motifs is 1. The quantitative estimate of drug-likeness (QED) is 0.548. The molecule has 3 aromatic rings. The molecule has 0 saturated carbocycles. The molecule has 0 radical (unpaired) electrons. The molecular weight excluding hydrogens is 298 g/mol. The molecule has 0 aliphatic rings. The summed E-state index contributed by atoms with van der Waals surface area (Å²) in [4.78, 5) is 26.7. The third kappa shape index (κ3) is 3.41. The molecule has 0 bridgehead atoms. The Balaban J connectivity index is 1.55. The van der Waals surface area contributed by atoms with Gasteiger partial charge in [-0.1, -0.05) is 0 Å². The number of anilines is 1. The number of aliphatic hydroxyl groups is 1. The zero-order chi connectivity index (χ0) is 16.2. The lowest BCUT2D eigenvalue weighted by molar-refractivity contribution is -0.136. The van der Waals surface area contributed by atoms with Crippen molar-refractivity contribution in [2.24, 2.45) is 0 Å². The van der Waals surface area contributed by atoms with Gasteiger partial charge in [-0.05, 0) is 36.4 Å². The molecule has 1 aromatic carbocycles. The van der Waals surface area contributed by atoms with E-state index >= 15 is 0 Å². The van der Waals surface area contributed by atoms with Gasteiger partial charge in [0, 0.05) is 22.8 Å². The van der Waals surface area contributed by atoms with Gasteiger partial charge in [0.1, 0.15) is 11.9 Å². The number of hydrogen-bond donors (Lipinski definition) is 4. The topological polar surface area (TPSA) is 107 Å². The smallest absolute Gasteiger partial charge is 0.313 e. The molecule has 0 aliphatic heterocycles. The molecule has 4 N–H and O–H groups in total. The van der Waals surface area contributed by atoms with E-state index in [0.717, 1.165) is 10.9 Å². The van der Waals surface area contributed by atoms with Crippen LogP contribution >= 0.6 is 0 Å². The van der Waals surface area contributed by atoms with E-state index in [1.165, 1.54) is 6.26 Å². The lowest BCUT2D eigenvalue weighted by atomic mass is 10.2. The monoisotopic (exact) mass is 313 g/mol. The molecule has 2 aromatic heterocycles. The van der Waals surface area contributed by atoms with E-state index in [1.807, 2.05) is 12.1 Å². The van der Waals surface area contributed by atoms with Crippen LogP contribution in [-0.4, -0.2) is 28.4 Å². The van der Waals surface area contributed by atoms with Gasteiger partial charge in [-0.25, -0.2) is 0 Å². The van der Waals surface area contributed by atoms with Crippen LogP contribution in [0.25, 0.3) is 10.9 Å². The summed E-state index contributed by atoms with van der Waals surface area (Å²) >= 11 is 0. The van der Waals surface area contributed by atoms with Crippen molar-refractivity contribution in [1.29, 1.82) is 0 Å². The summed E-state index contributed by atoms with van der Waals surface area (Å²) in [5, 5.41) is 15.6. The third-order valence-electron chi connectivity index (χ3n) is 3.34. The molecule has 118 valence electrons. The Hall–Kier alpha value is -3.06. The number of rotatable bonds is 4. The van der Waals surface area contributed by atoms with Crippen LogP contribution in [0.5, 0.6) is 0 Å². The number of carbonyl (C=O) groups excluding carboxylic acids is 2. The van der Waals surface area contributed by atoms with Crippen molar-refractivity contribution in [1.82, 2.24) is 10.3 Å². The maximum atomic E-state index is 11.8. The lowest BCUT2D eigenvalue weighted by Crippen LogP contribution is -2.37. The Morgan fingerprint density at radius 3 is 2.87 bits per heavy atom. The first-order chi connectivity index (χ1) is 11.1. The van der Waals surface area contributed by atoms with E-state index in [1.54, 1.807) is 30.5 Å². The average Bonchev–Trinajstić information content (AvgIpc) is 3.22. The van der Waals surface area contributed by atoms with Crippen LogP contribution in [0.3, 0.4) is 0 Å². The molecule has 0 spiro atoms. The maximum absolute atomic E-state index is 11.8. The zero-order valence-electron chi connectivity index (χ0n) is 12.1. The summed E-state index contributed by atoms with van der Waals surface area (Å²) in [5.41, 5.74) is 1.46. The summed E-state index contributed by atoms with van der Waals surface area (Å²) < 4.78 is 5.01. The second kappa shape index (κ2) is 6.37. The molecule has 1 unspecified atom stereocenters. The molecule has 2 amide bonds. The van der Waals surface area contributed by atoms with E-state index in [2.05, 4.69) is 15.6 Å². The first-order valence-corrected chi connectivity index (χ1v) is 7.01. The molecule has 2 heterocycles. The minimum absolute atomic E-state index is 0.114. The fourth-order valence-corrected chi connectivity index (χ4v) is 2.17. The summed E-state index contributed by atoms with van der Waals surface area (Å²) in [7, 11) is 0. The summed E-state index contributed by atoms with van der Waals surface area (Å²) in [6, 6.07) is 10.3. The van der Waals surface area contributed by atoms with Crippen LogP contribution in [-0.2, 0) is 9.59 Å². The maximum Gasteiger partial charge on any atom is 0.313 e. The summed E-state index contributed by atoms with van der Waals surface area (Å²) in [6.45, 7) is -0.114. The van der Waals surface area contributed by atoms with E-state index < -0.39 is 17.9 Å². The largest absolute Gasteiger partial charge is 0.467 e. The van der Waals surface area contributed by atoms with Gasteiger partial charge in [0.05, 0.1) is 12.8 Å². The second-order valence-corrected chi connectivity index (χ2v) is 4.98. The van der Waals surface area contributed by atoms with Crippen LogP contribution < -0.4 is 10.6 Å². The van der Waals surface area contributed by atoms with Crippen LogP contribution in [0, 0.1) is 0 Å². The number of amides is 2. The molecule has 7 heteroatoms. The Bertz CT molecular complexity index is 823. The predicted molar refractivity (Wildman–Crippen MR) is 83.6 cm³/mol. The van der Waals surface area contributed by atoms with Crippen molar-refractivity contribution in [3.8, 4) is 0 Å². The number of carbonyl (C=O) groups is 2. The van der Waals surface area contributed by atoms with Gasteiger partial charge in [-0.15, -0.1) is 0 Å². The highest BCUT2D eigenvalue weighted by Gasteiger charge is 2.17. The van der Waals surface area contributed by atoms with Gasteiger partial charge in [-0.3, -0.25) is 9.59 Å². The average molecular weight is 313 g/mol. The van der Waals surface area contributed by atoms with Crippen LogP contribution in [0.15, 0.2) is 53.3 Å². The van der Waals surface area contributed by atoms with Gasteiger partial charge in [0.25, 0.3) is 0 Å². The molecular formula is C16H15N3O4. The van der Waals surface area contributed by atoms with E-state index in [-0.39, 0.29) is 6.54 Å². The molecule has 1 atom stereocenters. The van der Waals surface area contributed by atoms with E-state index in [0.29, 0.717) is 11.4 Å². The first kappa shape index (κ1) is 14.9. The van der Waals surface area contributed by atoms with Gasteiger partial charge < -0.3 is 25.1 Å². The third-order valence-corrected chi connectivity index (χ3v) is 3.34. The van der Waals surface area contributed by atoms with Crippen molar-refractivity contribution in [2.75, 3.05) is 11.9 Å². The number of aromatic amines is 1. The number of hydrogen-bond acceptors (Lipinski definition) is 4. The number of nitrogens with one attached hydrogen (secondary N) is 3. The van der Waals surface area contributed by atoms with Crippen molar-refractivity contribution >= 4 is 28.4 Å². The number of aliphatic hydroxyl groups excluding tert-OH is 1. The lowest BCUT2D eigenvalue weighted by Gasteiger charge is -2.10. The normalized spacial score (nSPS) is 12.0. The molecule has 23 heavy (non-hydrogen) atoms. The molecule has 7 nitrogen and oxygen atoms in total. The predicted octanol–water partition coefficient (Wildman–Crippen LogP) is 1.55. The Morgan fingerprint density at radius 2 is 2.09 bits per heavy atom. The Morgan fingerprint density at radius 1 is 1.22 bits per heavy atom. The molecule has 3 rings (SSSR count). The highest BCUT2D eigenvalue weighted by molar-refractivity contribution is 6.39. The summed E-state index contributed by atoms with van der Waals surface area (Å²) in [5.74, 6) is -1.31. The second-order valence-electron chi connectivity index (χ2n) is 4.98. The van der Waals surface area contributed by atoms with Crippen molar-refractivity contribution in [3.05, 3.63) is 54.6 Å². The zero-order valence-corrected chi connectivity index (χ0v) is 12.1. The number of aromatic nitrogens is 1. The van der Waals surface area contributed by atoms with E-state index in [9.17, 15) is 14.7 Å². The summed E-state index contributed by atoms with van der Waals surface area (Å²) in [6.07, 6.45) is 2.21. The van der Waals surface area contributed by atoms with Crippen LogP contribution in [0.1, 0.15) is 11.9 Å². The van der Waals surface area contributed by atoms with E-state index in [4.69, 9.17) is 4.42 Å². The van der Waals surface area contributed by atoms with Crippen molar-refractivity contribution in [2.45, 2.75) is 6.10 Å². The SMILES string of the molecule is O=C(NCC(O)c1ccco1)C(=O)Nc1ccc2[nH]ccc2c1. The minimum Gasteiger partial charge on any atom is -0.467 e. The highest BCUT2D eigenvalue weighted by Crippen LogP contribution is 2.17. The highest BCUT2D eigenvalue weighted by atomic mass is 16.4. The van der Waals surface area contributed by atoms with Gasteiger partial charge in [-0.2, -0.15) is 0 Å². The first-order valence-electron chi connectivity index (χ1n) is 7.01. The fraction of sp³-hybridized carbons (Fsp3) is 0.125. The number of H-pyrrole nitrogens is 1. The standard InChI is InChI=1S/C16H15N3O4/c20-13(14-2-1-7-23-14)9-18-15(21)16(22)19-11-3-4-12-10(8-11)5-6-17-12/h1-8,13,17,20H,9H2,(H,18,21)(H,19,22). The van der Waals surface area contributed by atoms with Gasteiger partial charge >= 0.3 is 11.8 Å². The number of benzene rings is 1. The van der Waals surface area contributed by atoms with Gasteiger partial charge in [0.15, 0.2) is 0 Å². The molecule has 0 saturated heterocycles. The Labute approximate surface area is 131 Å². The van der Waals surface area contributed by atoms with Crippen LogP contribution in [0.4, 0.5) is 5.69 Å². The van der Waals surface area contributed by atoms with Crippen LogP contribution in [0.2, 0.25) is 0 Å². The van der Waals surface area contributed by atoms with Gasteiger partial charge in [0.2, 0.25) is 0 Å². The fourth-order valence-electron chi connectivity index (χ4n) is 2.17. The Kier molecular flexibility index (Phi) is 4.11. The van der Waals surface area contributed by atoms with Crippen molar-refractivity contribution < 1.29 is 19.1 Å².